The van der Waals surface area contributed by atoms with E-state index in [0.29, 0.717) is 30.7 Å². The molecular weight excluding hydrogens is 200 g/mol. The van der Waals surface area contributed by atoms with Gasteiger partial charge in [0, 0.05) is 20.0 Å². The Morgan fingerprint density at radius 1 is 1.19 bits per heavy atom. The van der Waals surface area contributed by atoms with Crippen LogP contribution in [0.3, 0.4) is 0 Å². The van der Waals surface area contributed by atoms with Crippen LogP contribution in [0.4, 0.5) is 0 Å². The second kappa shape index (κ2) is 7.66. The van der Waals surface area contributed by atoms with E-state index in [4.69, 9.17) is 5.73 Å². The molecule has 1 unspecified atom stereocenters. The van der Waals surface area contributed by atoms with Crippen LogP contribution in [-0.2, 0) is 4.79 Å². The first-order chi connectivity index (χ1) is 7.36. The van der Waals surface area contributed by atoms with Crippen molar-refractivity contribution < 1.29 is 4.79 Å². The zero-order chi connectivity index (χ0) is 12.7. The van der Waals surface area contributed by atoms with E-state index in [1.54, 1.807) is 0 Å². The molecule has 3 nitrogen and oxygen atoms in total. The molecule has 0 aromatic carbocycles. The van der Waals surface area contributed by atoms with Crippen LogP contribution in [0.1, 0.15) is 40.5 Å². The Labute approximate surface area is 100 Å². The lowest BCUT2D eigenvalue weighted by Crippen LogP contribution is -2.33. The highest BCUT2D eigenvalue weighted by Crippen LogP contribution is 2.15. The summed E-state index contributed by atoms with van der Waals surface area (Å²) >= 11 is 0. The molecule has 0 saturated carbocycles. The second-order valence-electron chi connectivity index (χ2n) is 5.60. The first-order valence-electron chi connectivity index (χ1n) is 6.30. The minimum absolute atomic E-state index is 0.227. The summed E-state index contributed by atoms with van der Waals surface area (Å²) in [6.07, 6.45) is 1.63. The first-order valence-corrected chi connectivity index (χ1v) is 6.30. The normalized spacial score (nSPS) is 13.2. The highest BCUT2D eigenvalue weighted by atomic mass is 16.2. The summed E-state index contributed by atoms with van der Waals surface area (Å²) in [5.41, 5.74) is 5.70. The lowest BCUT2D eigenvalue weighted by Gasteiger charge is -2.23. The van der Waals surface area contributed by atoms with Crippen LogP contribution >= 0.6 is 0 Å². The van der Waals surface area contributed by atoms with Gasteiger partial charge in [-0.15, -0.1) is 0 Å². The molecule has 1 amide bonds. The summed E-state index contributed by atoms with van der Waals surface area (Å²) < 4.78 is 0. The molecule has 0 aliphatic rings. The van der Waals surface area contributed by atoms with Crippen molar-refractivity contribution in [3.63, 3.8) is 0 Å². The van der Waals surface area contributed by atoms with Gasteiger partial charge < -0.3 is 10.6 Å². The molecule has 3 heteroatoms. The predicted octanol–water partition coefficient (Wildman–Crippen LogP) is 2.11. The molecule has 0 aromatic rings. The van der Waals surface area contributed by atoms with Crippen LogP contribution in [0, 0.1) is 17.8 Å². The Morgan fingerprint density at radius 2 is 1.75 bits per heavy atom. The fourth-order valence-corrected chi connectivity index (χ4v) is 1.98. The number of amides is 1. The largest absolute Gasteiger partial charge is 0.345 e. The lowest BCUT2D eigenvalue weighted by molar-refractivity contribution is -0.131. The Kier molecular flexibility index (Phi) is 7.39. The number of hydrogen-bond donors (Lipinski definition) is 1. The number of carbonyl (C=O) groups excluding carboxylic acids is 1. The molecule has 1 atom stereocenters. The van der Waals surface area contributed by atoms with Crippen molar-refractivity contribution in [1.82, 2.24) is 4.90 Å². The topological polar surface area (TPSA) is 46.3 Å². The highest BCUT2D eigenvalue weighted by Gasteiger charge is 2.17. The smallest absolute Gasteiger partial charge is 0.222 e. The fourth-order valence-electron chi connectivity index (χ4n) is 1.98. The van der Waals surface area contributed by atoms with Crippen LogP contribution < -0.4 is 5.73 Å². The van der Waals surface area contributed by atoms with E-state index >= 15 is 0 Å². The summed E-state index contributed by atoms with van der Waals surface area (Å²) in [7, 11) is 1.88. The van der Waals surface area contributed by atoms with Gasteiger partial charge in [0.2, 0.25) is 5.91 Å². The third kappa shape index (κ3) is 6.83. The van der Waals surface area contributed by atoms with Crippen LogP contribution in [0.25, 0.3) is 0 Å². The minimum atomic E-state index is 0.227. The average Bonchev–Trinajstić information content (AvgIpc) is 2.14. The van der Waals surface area contributed by atoms with Gasteiger partial charge in [0.25, 0.3) is 0 Å². The first kappa shape index (κ1) is 15.4. The third-order valence-electron chi connectivity index (χ3n) is 2.67. The second-order valence-corrected chi connectivity index (χ2v) is 5.60. The molecule has 96 valence electrons. The SMILES string of the molecule is CC(C)CC(CN)CC(=O)N(C)CC(C)C. The summed E-state index contributed by atoms with van der Waals surface area (Å²) in [4.78, 5) is 13.7. The molecule has 16 heavy (non-hydrogen) atoms. The van der Waals surface area contributed by atoms with E-state index in [1.807, 2.05) is 11.9 Å². The maximum atomic E-state index is 11.9. The minimum Gasteiger partial charge on any atom is -0.345 e. The number of rotatable bonds is 7. The number of hydrogen-bond acceptors (Lipinski definition) is 2. The zero-order valence-corrected chi connectivity index (χ0v) is 11.5. The van der Waals surface area contributed by atoms with Crippen molar-refractivity contribution in [1.29, 1.82) is 0 Å². The maximum Gasteiger partial charge on any atom is 0.222 e. The van der Waals surface area contributed by atoms with Gasteiger partial charge in [0.15, 0.2) is 0 Å². The van der Waals surface area contributed by atoms with E-state index in [0.717, 1.165) is 13.0 Å². The Morgan fingerprint density at radius 3 is 2.12 bits per heavy atom. The van der Waals surface area contributed by atoms with Crippen LogP contribution in [0.2, 0.25) is 0 Å². The van der Waals surface area contributed by atoms with Gasteiger partial charge in [-0.25, -0.2) is 0 Å². The Hall–Kier alpha value is -0.570. The molecule has 0 spiro atoms. The van der Waals surface area contributed by atoms with Crippen LogP contribution in [0.15, 0.2) is 0 Å². The molecule has 0 fully saturated rings. The summed E-state index contributed by atoms with van der Waals surface area (Å²) in [6.45, 7) is 10.0. The summed E-state index contributed by atoms with van der Waals surface area (Å²) in [6, 6.07) is 0. The predicted molar refractivity (Wildman–Crippen MR) is 69.1 cm³/mol. The lowest BCUT2D eigenvalue weighted by atomic mass is 9.94. The van der Waals surface area contributed by atoms with Crippen molar-refractivity contribution >= 4 is 5.91 Å². The van der Waals surface area contributed by atoms with Crippen molar-refractivity contribution in [3.8, 4) is 0 Å². The molecule has 0 aliphatic heterocycles. The summed E-state index contributed by atoms with van der Waals surface area (Å²) in [5, 5.41) is 0. The standard InChI is InChI=1S/C13H28N2O/c1-10(2)6-12(8-14)7-13(16)15(5)9-11(3)4/h10-12H,6-9,14H2,1-5H3. The molecule has 0 saturated heterocycles. The van der Waals surface area contributed by atoms with Gasteiger partial charge in [-0.2, -0.15) is 0 Å². The number of nitrogens with zero attached hydrogens (tertiary/aromatic N) is 1. The Balaban J connectivity index is 4.08. The van der Waals surface area contributed by atoms with Gasteiger partial charge in [-0.05, 0) is 30.7 Å². The molecule has 0 rings (SSSR count). The van der Waals surface area contributed by atoms with Crippen molar-refractivity contribution in [2.75, 3.05) is 20.1 Å². The molecule has 0 bridgehead atoms. The molecule has 0 aliphatic carbocycles. The van der Waals surface area contributed by atoms with Crippen molar-refractivity contribution in [2.24, 2.45) is 23.5 Å². The molecule has 2 N–H and O–H groups in total. The third-order valence-corrected chi connectivity index (χ3v) is 2.67. The fraction of sp³-hybridized carbons (Fsp3) is 0.923. The molecule has 0 radical (unpaired) electrons. The van der Waals surface area contributed by atoms with Crippen molar-refractivity contribution in [2.45, 2.75) is 40.5 Å². The van der Waals surface area contributed by atoms with E-state index in [9.17, 15) is 4.79 Å². The van der Waals surface area contributed by atoms with Gasteiger partial charge in [0.05, 0.1) is 0 Å². The zero-order valence-electron chi connectivity index (χ0n) is 11.5. The number of nitrogens with two attached hydrogens (primary N) is 1. The van der Waals surface area contributed by atoms with E-state index in [2.05, 4.69) is 27.7 Å². The quantitative estimate of drug-likeness (QED) is 0.725. The monoisotopic (exact) mass is 228 g/mol. The van der Waals surface area contributed by atoms with Crippen LogP contribution in [0.5, 0.6) is 0 Å². The maximum absolute atomic E-state index is 11.9. The van der Waals surface area contributed by atoms with E-state index in [-0.39, 0.29) is 5.91 Å². The molecule has 0 aromatic heterocycles. The van der Waals surface area contributed by atoms with Gasteiger partial charge in [0.1, 0.15) is 0 Å². The number of carbonyl (C=O) groups is 1. The summed E-state index contributed by atoms with van der Waals surface area (Å²) in [5.74, 6) is 1.69. The average molecular weight is 228 g/mol. The van der Waals surface area contributed by atoms with E-state index < -0.39 is 0 Å². The van der Waals surface area contributed by atoms with Crippen LogP contribution in [-0.4, -0.2) is 30.9 Å². The van der Waals surface area contributed by atoms with Gasteiger partial charge >= 0.3 is 0 Å². The van der Waals surface area contributed by atoms with Gasteiger partial charge in [-0.1, -0.05) is 27.7 Å². The van der Waals surface area contributed by atoms with E-state index in [1.165, 1.54) is 0 Å². The highest BCUT2D eigenvalue weighted by molar-refractivity contribution is 5.76. The Bertz CT molecular complexity index is 202. The molecular formula is C13H28N2O. The van der Waals surface area contributed by atoms with Crippen molar-refractivity contribution in [3.05, 3.63) is 0 Å². The van der Waals surface area contributed by atoms with Gasteiger partial charge in [-0.3, -0.25) is 4.79 Å². The molecule has 0 heterocycles.